The van der Waals surface area contributed by atoms with Crippen molar-refractivity contribution in [2.24, 2.45) is 0 Å². The molecule has 4 heterocycles. The fraction of sp³-hybridized carbons (Fsp3) is 0.329. The molecule has 1 aliphatic rings. The largest absolute Gasteiger partial charge is 0.457 e. The lowest BCUT2D eigenvalue weighted by molar-refractivity contribution is 0.483. The summed E-state index contributed by atoms with van der Waals surface area (Å²) in [4.78, 5) is 9.76. The molecule has 3 aromatic heterocycles. The summed E-state index contributed by atoms with van der Waals surface area (Å²) in [7, 11) is 0. The van der Waals surface area contributed by atoms with Crippen LogP contribution in [-0.4, -0.2) is 16.2 Å². The van der Waals surface area contributed by atoms with Gasteiger partial charge in [-0.05, 0) is 162 Å². The van der Waals surface area contributed by atoms with E-state index in [0.717, 1.165) is 66.5 Å². The number of furan rings is 1. The number of hydrogen-bond donors (Lipinski definition) is 0. The highest BCUT2D eigenvalue weighted by atomic mass is 16.5. The van der Waals surface area contributed by atoms with Crippen molar-refractivity contribution >= 4 is 66.5 Å². The smallest absolute Gasteiger partial charge is 0.145 e. The first-order valence-corrected chi connectivity index (χ1v) is 30.3. The highest BCUT2D eigenvalue weighted by molar-refractivity contribution is 6.24. The average Bonchev–Trinajstić information content (AvgIpc) is 1.61. The van der Waals surface area contributed by atoms with E-state index >= 15 is 0 Å². The molecule has 6 heteroatoms. The first-order chi connectivity index (χ1) is 41.4. The molecule has 0 N–H and O–H groups in total. The molecular weight excluding hydrogens is 1040 g/mol. The lowest BCUT2D eigenvalue weighted by Crippen LogP contribution is -2.25. The SMILES string of the molecule is [2H]c1nc(-n2c3cc(Oc4cccc(N5CN(c6c(-c7cc(C(C)(C)C)cc(C(C)(C)C)c7)cc(C(C)(C)C)cc6-c6cc(C(C)(C)C)cc(C(C)(C)C)c6)c6ccccc65)c4)ccc3c3c4oc5ccccc5c4ccc32)cc(C(C)(C)C)c1C([2H])([2H])[2H]. The lowest BCUT2D eigenvalue weighted by atomic mass is 9.76. The van der Waals surface area contributed by atoms with Crippen LogP contribution in [0.15, 0.2) is 168 Å². The van der Waals surface area contributed by atoms with Crippen LogP contribution in [0.5, 0.6) is 11.5 Å². The molecule has 0 bridgehead atoms. The van der Waals surface area contributed by atoms with Gasteiger partial charge in [0.2, 0.25) is 0 Å². The molecule has 8 aromatic carbocycles. The maximum atomic E-state index is 9.21. The minimum absolute atomic E-state index is 0.0395. The molecule has 0 fully saturated rings. The monoisotopic (exact) mass is 1130 g/mol. The van der Waals surface area contributed by atoms with Crippen LogP contribution >= 0.6 is 0 Å². The molecule has 434 valence electrons. The summed E-state index contributed by atoms with van der Waals surface area (Å²) >= 11 is 0. The molecular formula is C79H86N4O2. The zero-order valence-electron chi connectivity index (χ0n) is 57.3. The molecule has 0 saturated heterocycles. The molecule has 1 aliphatic heterocycles. The predicted molar refractivity (Wildman–Crippen MR) is 362 cm³/mol. The Kier molecular flexibility index (Phi) is 12.3. The van der Waals surface area contributed by atoms with Gasteiger partial charge in [-0.25, -0.2) is 4.98 Å². The van der Waals surface area contributed by atoms with Crippen molar-refractivity contribution in [3.05, 3.63) is 203 Å². The van der Waals surface area contributed by atoms with Crippen molar-refractivity contribution in [2.75, 3.05) is 16.5 Å². The summed E-state index contributed by atoms with van der Waals surface area (Å²) < 4.78 is 50.5. The first kappa shape index (κ1) is 52.5. The number of fused-ring (bicyclic) bond motifs is 8. The van der Waals surface area contributed by atoms with Gasteiger partial charge in [-0.2, -0.15) is 0 Å². The van der Waals surface area contributed by atoms with Crippen LogP contribution in [0.3, 0.4) is 0 Å². The summed E-state index contributed by atoms with van der Waals surface area (Å²) in [5, 5.41) is 3.78. The van der Waals surface area contributed by atoms with Crippen LogP contribution in [0.1, 0.15) is 169 Å². The number of hydrogen-bond acceptors (Lipinski definition) is 5. The first-order valence-electron chi connectivity index (χ1n) is 32.3. The molecule has 6 nitrogen and oxygen atoms in total. The van der Waals surface area contributed by atoms with Gasteiger partial charge in [0.25, 0.3) is 0 Å². The van der Waals surface area contributed by atoms with Gasteiger partial charge in [0.1, 0.15) is 35.2 Å². The third-order valence-corrected chi connectivity index (χ3v) is 17.4. The number of rotatable bonds is 7. The number of aromatic nitrogens is 2. The Labute approximate surface area is 511 Å². The second kappa shape index (κ2) is 20.0. The quantitative estimate of drug-likeness (QED) is 0.159. The van der Waals surface area contributed by atoms with E-state index in [0.29, 0.717) is 29.5 Å². The molecule has 11 aromatic rings. The normalized spacial score (nSPS) is 14.6. The third-order valence-electron chi connectivity index (χ3n) is 17.4. The molecule has 0 unspecified atom stereocenters. The Morgan fingerprint density at radius 2 is 1.00 bits per heavy atom. The zero-order valence-corrected chi connectivity index (χ0v) is 53.3. The molecule has 0 atom stereocenters. The number of nitrogens with zero attached hydrogens (tertiary/aromatic N) is 4. The van der Waals surface area contributed by atoms with Gasteiger partial charge in [0.15, 0.2) is 0 Å². The highest BCUT2D eigenvalue weighted by Gasteiger charge is 2.35. The Morgan fingerprint density at radius 1 is 0.471 bits per heavy atom. The van der Waals surface area contributed by atoms with Crippen molar-refractivity contribution in [1.82, 2.24) is 9.55 Å². The van der Waals surface area contributed by atoms with E-state index in [1.165, 1.54) is 50.1 Å². The minimum atomic E-state index is -2.54. The molecule has 0 amide bonds. The van der Waals surface area contributed by atoms with Crippen LogP contribution < -0.4 is 14.5 Å². The van der Waals surface area contributed by atoms with Crippen molar-refractivity contribution < 1.29 is 14.6 Å². The van der Waals surface area contributed by atoms with E-state index in [1.807, 2.05) is 67.8 Å². The van der Waals surface area contributed by atoms with Crippen molar-refractivity contribution in [3.8, 4) is 39.6 Å². The third kappa shape index (κ3) is 10.5. The topological polar surface area (TPSA) is 46.7 Å². The second-order valence-electron chi connectivity index (χ2n) is 30.1. The number of ether oxygens (including phenoxy) is 1. The molecule has 0 radical (unpaired) electrons. The molecule has 0 aliphatic carbocycles. The van der Waals surface area contributed by atoms with Crippen LogP contribution in [0.25, 0.3) is 71.8 Å². The summed E-state index contributed by atoms with van der Waals surface area (Å²) in [5.74, 6) is 1.69. The van der Waals surface area contributed by atoms with E-state index in [4.69, 9.17) is 18.3 Å². The number of benzene rings is 8. The summed E-state index contributed by atoms with van der Waals surface area (Å²) in [6, 6.07) is 57.0. The van der Waals surface area contributed by atoms with Gasteiger partial charge >= 0.3 is 0 Å². The summed E-state index contributed by atoms with van der Waals surface area (Å²) in [5.41, 5.74) is 18.0. The van der Waals surface area contributed by atoms with Crippen molar-refractivity contribution in [2.45, 2.75) is 164 Å². The van der Waals surface area contributed by atoms with E-state index in [2.05, 4.69) is 229 Å². The van der Waals surface area contributed by atoms with Gasteiger partial charge < -0.3 is 19.0 Å². The van der Waals surface area contributed by atoms with Crippen LogP contribution in [0, 0.1) is 6.85 Å². The van der Waals surface area contributed by atoms with Gasteiger partial charge in [-0.15, -0.1) is 0 Å². The standard InChI is InChI=1S/C79H86N4O2/c1-48-46-80-70(45-64(48)79(17,18)19)83-67-34-33-60-59-27-20-23-30-69(59)85-73(60)71(67)61-32-31-58(44-68(61)83)84-57-26-24-25-56(43-57)81-47-82(66-29-22-21-28-65(66)81)72-62(49-35-51(74(2,3)4)39-52(36-49)75(5,6)7)41-55(78(14,15)16)42-63(72)50-37-53(76(8,9)10)40-54(38-50)77(11,12)13/h20-46H,47H2,1-19H3/i1D3,46D. The van der Waals surface area contributed by atoms with E-state index in [-0.39, 0.29) is 38.8 Å². The molecule has 0 saturated carbocycles. The van der Waals surface area contributed by atoms with Crippen molar-refractivity contribution in [1.29, 1.82) is 0 Å². The molecule has 85 heavy (non-hydrogen) atoms. The van der Waals surface area contributed by atoms with Crippen LogP contribution in [0.2, 0.25) is 0 Å². The number of pyridine rings is 1. The van der Waals surface area contributed by atoms with Gasteiger partial charge in [-0.3, -0.25) is 4.57 Å². The second-order valence-corrected chi connectivity index (χ2v) is 30.1. The van der Waals surface area contributed by atoms with Gasteiger partial charge in [0, 0.05) is 55.4 Å². The fourth-order valence-electron chi connectivity index (χ4n) is 12.3. The van der Waals surface area contributed by atoms with Gasteiger partial charge in [0.05, 0.1) is 34.9 Å². The fourth-order valence-corrected chi connectivity index (χ4v) is 12.3. The maximum absolute atomic E-state index is 9.21. The van der Waals surface area contributed by atoms with Crippen LogP contribution in [0.4, 0.5) is 22.7 Å². The number of anilines is 4. The molecule has 0 spiro atoms. The Morgan fingerprint density at radius 3 is 1.56 bits per heavy atom. The minimum Gasteiger partial charge on any atom is -0.457 e. The Bertz CT molecular complexity index is 4470. The van der Waals surface area contributed by atoms with E-state index in [9.17, 15) is 1.37 Å². The Balaban J connectivity index is 1.03. The Hall–Kier alpha value is -8.09. The summed E-state index contributed by atoms with van der Waals surface area (Å²) in [6.45, 7) is 38.8. The summed E-state index contributed by atoms with van der Waals surface area (Å²) in [6.07, 6.45) is -0.276. The van der Waals surface area contributed by atoms with Gasteiger partial charge in [-0.1, -0.05) is 197 Å². The van der Waals surface area contributed by atoms with E-state index < -0.39 is 12.3 Å². The lowest BCUT2D eigenvalue weighted by Gasteiger charge is -2.32. The molecule has 12 rings (SSSR count). The maximum Gasteiger partial charge on any atom is 0.145 e. The van der Waals surface area contributed by atoms with Crippen LogP contribution in [-0.2, 0) is 32.5 Å². The predicted octanol–water partition coefficient (Wildman–Crippen LogP) is 22.5. The van der Waals surface area contributed by atoms with Crippen molar-refractivity contribution in [3.63, 3.8) is 0 Å². The van der Waals surface area contributed by atoms with E-state index in [1.54, 1.807) is 0 Å². The zero-order chi connectivity index (χ0) is 64.0. The average molecular weight is 1130 g/mol. The number of para-hydroxylation sites is 3. The highest BCUT2D eigenvalue weighted by Crippen LogP contribution is 2.53.